The van der Waals surface area contributed by atoms with Crippen molar-refractivity contribution in [3.8, 4) is 5.69 Å². The van der Waals surface area contributed by atoms with Crippen LogP contribution in [0.5, 0.6) is 0 Å². The molecular weight excluding hydrogens is 380 g/mol. The molecule has 0 saturated heterocycles. The molecule has 0 spiro atoms. The maximum absolute atomic E-state index is 12.3. The summed E-state index contributed by atoms with van der Waals surface area (Å²) in [6.45, 7) is 2.37. The second-order valence-corrected chi connectivity index (χ2v) is 6.37. The standard InChI is InChI=1S/C20H19ClN4O3/c1-2-28-20(27)17-12-24-25(18(17)22)16-9-5-14(6-10-16)19(26)23-11-13-3-7-15(21)8-4-13/h3-10,12H,2,11,22H2,1H3,(H,23,26). The Hall–Kier alpha value is -3.32. The summed E-state index contributed by atoms with van der Waals surface area (Å²) in [4.78, 5) is 24.2. The highest BCUT2D eigenvalue weighted by molar-refractivity contribution is 6.30. The maximum Gasteiger partial charge on any atom is 0.343 e. The third-order valence-corrected chi connectivity index (χ3v) is 4.29. The molecule has 144 valence electrons. The fourth-order valence-corrected chi connectivity index (χ4v) is 2.70. The first-order chi connectivity index (χ1) is 13.5. The fourth-order valence-electron chi connectivity index (χ4n) is 2.57. The first kappa shape index (κ1) is 19.4. The Morgan fingerprint density at radius 3 is 2.46 bits per heavy atom. The molecule has 8 heteroatoms. The number of halogens is 1. The van der Waals surface area contributed by atoms with Crippen LogP contribution < -0.4 is 11.1 Å². The molecule has 1 heterocycles. The lowest BCUT2D eigenvalue weighted by molar-refractivity contribution is 0.0527. The highest BCUT2D eigenvalue weighted by Crippen LogP contribution is 2.18. The van der Waals surface area contributed by atoms with Crippen molar-refractivity contribution in [3.63, 3.8) is 0 Å². The van der Waals surface area contributed by atoms with Crippen molar-refractivity contribution in [1.29, 1.82) is 0 Å². The number of hydrogen-bond donors (Lipinski definition) is 2. The van der Waals surface area contributed by atoms with Crippen LogP contribution in [-0.2, 0) is 11.3 Å². The van der Waals surface area contributed by atoms with E-state index in [1.165, 1.54) is 10.9 Å². The van der Waals surface area contributed by atoms with Gasteiger partial charge in [-0.2, -0.15) is 5.10 Å². The van der Waals surface area contributed by atoms with Gasteiger partial charge in [0.15, 0.2) is 0 Å². The van der Waals surface area contributed by atoms with Crippen LogP contribution in [0.2, 0.25) is 5.02 Å². The van der Waals surface area contributed by atoms with E-state index in [1.807, 2.05) is 12.1 Å². The number of hydrogen-bond acceptors (Lipinski definition) is 5. The van der Waals surface area contributed by atoms with E-state index in [-0.39, 0.29) is 23.9 Å². The van der Waals surface area contributed by atoms with Gasteiger partial charge in [0, 0.05) is 17.1 Å². The van der Waals surface area contributed by atoms with Crippen molar-refractivity contribution in [1.82, 2.24) is 15.1 Å². The van der Waals surface area contributed by atoms with Gasteiger partial charge in [0.25, 0.3) is 5.91 Å². The second kappa shape index (κ2) is 8.58. The summed E-state index contributed by atoms with van der Waals surface area (Å²) < 4.78 is 6.36. The van der Waals surface area contributed by atoms with Crippen LogP contribution in [0.25, 0.3) is 5.69 Å². The molecule has 0 atom stereocenters. The molecule has 0 fully saturated rings. The Kier molecular flexibility index (Phi) is 5.96. The Labute approximate surface area is 167 Å². The molecule has 7 nitrogen and oxygen atoms in total. The molecule has 0 unspecified atom stereocenters. The number of nitrogens with one attached hydrogen (secondary N) is 1. The Balaban J connectivity index is 1.68. The molecule has 1 aromatic heterocycles. The number of benzene rings is 2. The lowest BCUT2D eigenvalue weighted by atomic mass is 10.1. The van der Waals surface area contributed by atoms with Crippen LogP contribution in [0.1, 0.15) is 33.2 Å². The fraction of sp³-hybridized carbons (Fsp3) is 0.150. The Morgan fingerprint density at radius 2 is 1.82 bits per heavy atom. The van der Waals surface area contributed by atoms with Crippen molar-refractivity contribution in [2.75, 3.05) is 12.3 Å². The van der Waals surface area contributed by atoms with Gasteiger partial charge in [-0.1, -0.05) is 23.7 Å². The van der Waals surface area contributed by atoms with E-state index in [4.69, 9.17) is 22.1 Å². The summed E-state index contributed by atoms with van der Waals surface area (Å²) in [5.74, 6) is -0.551. The molecule has 0 aliphatic heterocycles. The number of esters is 1. The van der Waals surface area contributed by atoms with Gasteiger partial charge in [-0.15, -0.1) is 0 Å². The summed E-state index contributed by atoms with van der Waals surface area (Å²) >= 11 is 5.85. The molecule has 3 N–H and O–H groups in total. The highest BCUT2D eigenvalue weighted by atomic mass is 35.5. The van der Waals surface area contributed by atoms with Crippen molar-refractivity contribution in [2.24, 2.45) is 0 Å². The van der Waals surface area contributed by atoms with Gasteiger partial charge in [-0.3, -0.25) is 4.79 Å². The molecule has 0 radical (unpaired) electrons. The highest BCUT2D eigenvalue weighted by Gasteiger charge is 2.17. The first-order valence-electron chi connectivity index (χ1n) is 8.63. The number of nitrogens with zero attached hydrogens (tertiary/aromatic N) is 2. The third kappa shape index (κ3) is 4.32. The zero-order chi connectivity index (χ0) is 20.1. The average Bonchev–Trinajstić information content (AvgIpc) is 3.09. The van der Waals surface area contributed by atoms with Crippen molar-refractivity contribution >= 4 is 29.3 Å². The minimum Gasteiger partial charge on any atom is -0.462 e. The van der Waals surface area contributed by atoms with Crippen molar-refractivity contribution in [2.45, 2.75) is 13.5 Å². The Bertz CT molecular complexity index is 982. The second-order valence-electron chi connectivity index (χ2n) is 5.93. The number of carbonyl (C=O) groups is 2. The quantitative estimate of drug-likeness (QED) is 0.621. The molecule has 2 aromatic carbocycles. The van der Waals surface area contributed by atoms with Gasteiger partial charge in [0.05, 0.1) is 18.5 Å². The SMILES string of the molecule is CCOC(=O)c1cnn(-c2ccc(C(=O)NCc3ccc(Cl)cc3)cc2)c1N. The maximum atomic E-state index is 12.3. The lowest BCUT2D eigenvalue weighted by Gasteiger charge is -2.08. The smallest absolute Gasteiger partial charge is 0.343 e. The largest absolute Gasteiger partial charge is 0.462 e. The van der Waals surface area contributed by atoms with E-state index in [0.29, 0.717) is 22.8 Å². The van der Waals surface area contributed by atoms with Gasteiger partial charge >= 0.3 is 5.97 Å². The van der Waals surface area contributed by atoms with Crippen LogP contribution >= 0.6 is 11.6 Å². The van der Waals surface area contributed by atoms with E-state index < -0.39 is 5.97 Å². The summed E-state index contributed by atoms with van der Waals surface area (Å²) in [5.41, 5.74) is 8.27. The number of ether oxygens (including phenoxy) is 1. The summed E-state index contributed by atoms with van der Waals surface area (Å²) in [5, 5.41) is 7.62. The Morgan fingerprint density at radius 1 is 1.14 bits per heavy atom. The van der Waals surface area contributed by atoms with Crippen LogP contribution in [0, 0.1) is 0 Å². The predicted molar refractivity (Wildman–Crippen MR) is 107 cm³/mol. The zero-order valence-electron chi connectivity index (χ0n) is 15.2. The number of carbonyl (C=O) groups excluding carboxylic acids is 2. The van der Waals surface area contributed by atoms with E-state index in [2.05, 4.69) is 10.4 Å². The molecule has 1 amide bonds. The minimum atomic E-state index is -0.524. The van der Waals surface area contributed by atoms with Crippen LogP contribution in [0.3, 0.4) is 0 Å². The average molecular weight is 399 g/mol. The number of amides is 1. The van der Waals surface area contributed by atoms with Crippen LogP contribution in [-0.4, -0.2) is 28.3 Å². The number of nitrogens with two attached hydrogens (primary N) is 1. The van der Waals surface area contributed by atoms with Gasteiger partial charge < -0.3 is 15.8 Å². The van der Waals surface area contributed by atoms with E-state index in [0.717, 1.165) is 5.56 Å². The van der Waals surface area contributed by atoms with Gasteiger partial charge in [-0.05, 0) is 48.9 Å². The van der Waals surface area contributed by atoms with Crippen molar-refractivity contribution in [3.05, 3.63) is 76.4 Å². The molecular formula is C20H19ClN4O3. The molecule has 3 aromatic rings. The van der Waals surface area contributed by atoms with Crippen molar-refractivity contribution < 1.29 is 14.3 Å². The number of aromatic nitrogens is 2. The molecule has 28 heavy (non-hydrogen) atoms. The molecule has 0 aliphatic rings. The van der Waals surface area contributed by atoms with E-state index in [1.54, 1.807) is 43.3 Å². The first-order valence-corrected chi connectivity index (χ1v) is 9.01. The van der Waals surface area contributed by atoms with Gasteiger partial charge in [-0.25, -0.2) is 9.48 Å². The number of nitrogen functional groups attached to an aromatic ring is 1. The monoisotopic (exact) mass is 398 g/mol. The topological polar surface area (TPSA) is 99.2 Å². The molecule has 0 saturated carbocycles. The normalized spacial score (nSPS) is 10.5. The van der Waals surface area contributed by atoms with Crippen LogP contribution in [0.15, 0.2) is 54.7 Å². The zero-order valence-corrected chi connectivity index (χ0v) is 15.9. The minimum absolute atomic E-state index is 0.179. The van der Waals surface area contributed by atoms with E-state index >= 15 is 0 Å². The van der Waals surface area contributed by atoms with Crippen LogP contribution in [0.4, 0.5) is 5.82 Å². The van der Waals surface area contributed by atoms with Gasteiger partial charge in [0.1, 0.15) is 11.4 Å². The third-order valence-electron chi connectivity index (χ3n) is 4.04. The summed E-state index contributed by atoms with van der Waals surface area (Å²) in [6, 6.07) is 14.0. The number of rotatable bonds is 6. The molecule has 3 rings (SSSR count). The predicted octanol–water partition coefficient (Wildman–Crippen LogP) is 3.21. The molecule has 0 aliphatic carbocycles. The lowest BCUT2D eigenvalue weighted by Crippen LogP contribution is -2.22. The number of anilines is 1. The summed E-state index contributed by atoms with van der Waals surface area (Å²) in [6.07, 6.45) is 1.36. The van der Waals surface area contributed by atoms with Gasteiger partial charge in [0.2, 0.25) is 0 Å². The molecule has 0 bridgehead atoms. The summed E-state index contributed by atoms with van der Waals surface area (Å²) in [7, 11) is 0. The van der Waals surface area contributed by atoms with E-state index in [9.17, 15) is 9.59 Å².